The van der Waals surface area contributed by atoms with E-state index >= 15 is 0 Å². The van der Waals surface area contributed by atoms with Crippen LogP contribution in [0.15, 0.2) is 18.2 Å². The molecular weight excluding hydrogens is 220 g/mol. The Bertz CT molecular complexity index is 387. The molecule has 0 heterocycles. The molecule has 1 aromatic carbocycles. The number of benzene rings is 1. The number of rotatable bonds is 6. The Morgan fingerprint density at radius 2 is 2.06 bits per heavy atom. The van der Waals surface area contributed by atoms with Crippen molar-refractivity contribution in [1.82, 2.24) is 0 Å². The summed E-state index contributed by atoms with van der Waals surface area (Å²) in [6.07, 6.45) is 0.955. The summed E-state index contributed by atoms with van der Waals surface area (Å²) < 4.78 is 11.0. The summed E-state index contributed by atoms with van der Waals surface area (Å²) >= 11 is 0. The van der Waals surface area contributed by atoms with Gasteiger partial charge in [-0.1, -0.05) is 6.92 Å². The van der Waals surface area contributed by atoms with Crippen molar-refractivity contribution in [1.29, 1.82) is 0 Å². The normalized spacial score (nSPS) is 11.9. The number of carboxylic acid groups (broad SMARTS) is 1. The van der Waals surface area contributed by atoms with E-state index in [2.05, 4.69) is 0 Å². The highest BCUT2D eigenvalue weighted by Gasteiger charge is 2.12. The average Bonchev–Trinajstić information content (AvgIpc) is 2.31. The van der Waals surface area contributed by atoms with Gasteiger partial charge in [0, 0.05) is 0 Å². The summed E-state index contributed by atoms with van der Waals surface area (Å²) in [7, 11) is 0. The number of ether oxygens (including phenoxy) is 2. The fourth-order valence-corrected chi connectivity index (χ4v) is 1.31. The predicted octanol–water partition coefficient (Wildman–Crippen LogP) is 2.96. The third-order valence-corrected chi connectivity index (χ3v) is 2.39. The molecule has 1 aromatic rings. The Balaban J connectivity index is 2.99. The van der Waals surface area contributed by atoms with Crippen molar-refractivity contribution in [3.05, 3.63) is 23.8 Å². The lowest BCUT2D eigenvalue weighted by molar-refractivity contribution is 0.0696. The van der Waals surface area contributed by atoms with Gasteiger partial charge in [-0.25, -0.2) is 4.79 Å². The van der Waals surface area contributed by atoms with E-state index in [1.54, 1.807) is 6.07 Å². The molecule has 4 nitrogen and oxygen atoms in total. The highest BCUT2D eigenvalue weighted by atomic mass is 16.5. The quantitative estimate of drug-likeness (QED) is 0.827. The van der Waals surface area contributed by atoms with Crippen molar-refractivity contribution >= 4 is 5.97 Å². The minimum atomic E-state index is -0.971. The van der Waals surface area contributed by atoms with Crippen LogP contribution in [0.1, 0.15) is 37.6 Å². The molecule has 1 N–H and O–H groups in total. The van der Waals surface area contributed by atoms with Gasteiger partial charge in [-0.2, -0.15) is 0 Å². The van der Waals surface area contributed by atoms with Crippen molar-refractivity contribution in [3.8, 4) is 11.5 Å². The SMILES string of the molecule is CCOc1cc(C(=O)O)ccc1O[C@@H](C)CC. The Hall–Kier alpha value is -1.71. The van der Waals surface area contributed by atoms with E-state index < -0.39 is 5.97 Å². The van der Waals surface area contributed by atoms with Crippen molar-refractivity contribution in [2.45, 2.75) is 33.3 Å². The third-order valence-electron chi connectivity index (χ3n) is 2.39. The maximum atomic E-state index is 10.9. The second-order valence-corrected chi connectivity index (χ2v) is 3.74. The van der Waals surface area contributed by atoms with Crippen molar-refractivity contribution in [2.75, 3.05) is 6.61 Å². The van der Waals surface area contributed by atoms with Crippen LogP contribution >= 0.6 is 0 Å². The van der Waals surface area contributed by atoms with Gasteiger partial charge in [-0.3, -0.25) is 0 Å². The summed E-state index contributed by atoms with van der Waals surface area (Å²) in [5.41, 5.74) is 0.199. The molecule has 0 saturated carbocycles. The molecule has 1 rings (SSSR count). The molecule has 0 amide bonds. The molecule has 0 aliphatic carbocycles. The summed E-state index contributed by atoms with van der Waals surface area (Å²) in [5, 5.41) is 8.90. The zero-order chi connectivity index (χ0) is 12.8. The molecule has 0 saturated heterocycles. The Morgan fingerprint density at radius 3 is 2.59 bits per heavy atom. The van der Waals surface area contributed by atoms with Gasteiger partial charge in [-0.05, 0) is 38.5 Å². The van der Waals surface area contributed by atoms with E-state index in [-0.39, 0.29) is 11.7 Å². The lowest BCUT2D eigenvalue weighted by Gasteiger charge is -2.16. The molecule has 0 fully saturated rings. The first-order valence-electron chi connectivity index (χ1n) is 5.75. The minimum absolute atomic E-state index is 0.0740. The van der Waals surface area contributed by atoms with Crippen LogP contribution in [0.4, 0.5) is 0 Å². The van der Waals surface area contributed by atoms with Gasteiger partial charge in [0.2, 0.25) is 0 Å². The zero-order valence-electron chi connectivity index (χ0n) is 10.4. The number of carbonyl (C=O) groups is 1. The lowest BCUT2D eigenvalue weighted by Crippen LogP contribution is -2.11. The van der Waals surface area contributed by atoms with Crippen LogP contribution < -0.4 is 9.47 Å². The molecule has 94 valence electrons. The average molecular weight is 238 g/mol. The molecule has 0 unspecified atom stereocenters. The van der Waals surface area contributed by atoms with Gasteiger partial charge in [0.25, 0.3) is 0 Å². The van der Waals surface area contributed by atoms with Crippen LogP contribution in [0.2, 0.25) is 0 Å². The number of hydrogen-bond acceptors (Lipinski definition) is 3. The number of hydrogen-bond donors (Lipinski definition) is 1. The van der Waals surface area contributed by atoms with E-state index in [1.165, 1.54) is 12.1 Å². The van der Waals surface area contributed by atoms with Gasteiger partial charge in [0.1, 0.15) is 0 Å². The molecule has 17 heavy (non-hydrogen) atoms. The molecule has 1 atom stereocenters. The number of aromatic carboxylic acids is 1. The van der Waals surface area contributed by atoms with Gasteiger partial charge < -0.3 is 14.6 Å². The number of carboxylic acids is 1. The first-order chi connectivity index (χ1) is 8.08. The standard InChI is InChI=1S/C13H18O4/c1-4-9(3)17-11-7-6-10(13(14)15)8-12(11)16-5-2/h6-9H,4-5H2,1-3H3,(H,14,15)/t9-/m0/s1. The van der Waals surface area contributed by atoms with E-state index in [4.69, 9.17) is 14.6 Å². The van der Waals surface area contributed by atoms with E-state index in [0.717, 1.165) is 6.42 Å². The summed E-state index contributed by atoms with van der Waals surface area (Å²) in [6.45, 7) is 6.30. The molecule has 0 aromatic heterocycles. The van der Waals surface area contributed by atoms with E-state index in [1.807, 2.05) is 20.8 Å². The predicted molar refractivity (Wildman–Crippen MR) is 65.0 cm³/mol. The molecule has 0 radical (unpaired) electrons. The van der Waals surface area contributed by atoms with Crippen LogP contribution in [0.5, 0.6) is 11.5 Å². The Labute approximate surface area is 101 Å². The fourth-order valence-electron chi connectivity index (χ4n) is 1.31. The Morgan fingerprint density at radius 1 is 1.35 bits per heavy atom. The van der Waals surface area contributed by atoms with Gasteiger partial charge in [0.05, 0.1) is 18.3 Å². The largest absolute Gasteiger partial charge is 0.490 e. The van der Waals surface area contributed by atoms with Gasteiger partial charge in [0.15, 0.2) is 11.5 Å². The molecule has 4 heteroatoms. The van der Waals surface area contributed by atoms with E-state index in [0.29, 0.717) is 18.1 Å². The van der Waals surface area contributed by atoms with Crippen molar-refractivity contribution in [2.24, 2.45) is 0 Å². The molecule has 0 spiro atoms. The van der Waals surface area contributed by atoms with Crippen molar-refractivity contribution in [3.63, 3.8) is 0 Å². The second-order valence-electron chi connectivity index (χ2n) is 3.74. The maximum Gasteiger partial charge on any atom is 0.335 e. The molecule has 0 bridgehead atoms. The van der Waals surface area contributed by atoms with Crippen LogP contribution in [0.25, 0.3) is 0 Å². The molecule has 0 aliphatic rings. The van der Waals surface area contributed by atoms with Gasteiger partial charge >= 0.3 is 5.97 Å². The second kappa shape index (κ2) is 6.13. The summed E-state index contributed by atoms with van der Waals surface area (Å²) in [6, 6.07) is 4.65. The Kier molecular flexibility index (Phi) is 4.82. The third kappa shape index (κ3) is 3.66. The van der Waals surface area contributed by atoms with E-state index in [9.17, 15) is 4.79 Å². The smallest absolute Gasteiger partial charge is 0.335 e. The highest BCUT2D eigenvalue weighted by molar-refractivity contribution is 5.88. The topological polar surface area (TPSA) is 55.8 Å². The summed E-state index contributed by atoms with van der Waals surface area (Å²) in [5.74, 6) is 0.0972. The first kappa shape index (κ1) is 13.4. The van der Waals surface area contributed by atoms with Gasteiger partial charge in [-0.15, -0.1) is 0 Å². The van der Waals surface area contributed by atoms with Crippen LogP contribution in [0, 0.1) is 0 Å². The van der Waals surface area contributed by atoms with Crippen LogP contribution in [-0.2, 0) is 0 Å². The highest BCUT2D eigenvalue weighted by Crippen LogP contribution is 2.29. The monoisotopic (exact) mass is 238 g/mol. The molecule has 0 aliphatic heterocycles. The van der Waals surface area contributed by atoms with Crippen molar-refractivity contribution < 1.29 is 19.4 Å². The molecular formula is C13H18O4. The van der Waals surface area contributed by atoms with Crippen LogP contribution in [-0.4, -0.2) is 23.8 Å². The fraction of sp³-hybridized carbons (Fsp3) is 0.462. The maximum absolute atomic E-state index is 10.9. The zero-order valence-corrected chi connectivity index (χ0v) is 10.4. The summed E-state index contributed by atoms with van der Waals surface area (Å²) in [4.78, 5) is 10.9. The minimum Gasteiger partial charge on any atom is -0.490 e. The van der Waals surface area contributed by atoms with Crippen LogP contribution in [0.3, 0.4) is 0 Å². The first-order valence-corrected chi connectivity index (χ1v) is 5.75. The lowest BCUT2D eigenvalue weighted by atomic mass is 10.2.